The normalized spacial score (nSPS) is 14.2. The van der Waals surface area contributed by atoms with Crippen LogP contribution in [-0.2, 0) is 19.6 Å². The van der Waals surface area contributed by atoms with Crippen molar-refractivity contribution in [1.82, 2.24) is 15.5 Å². The Bertz CT molecular complexity index is 724. The van der Waals surface area contributed by atoms with Crippen LogP contribution >= 0.6 is 12.4 Å². The molecular formula is C15H23ClN4O4S. The number of amides is 1. The van der Waals surface area contributed by atoms with Crippen molar-refractivity contribution in [2.45, 2.75) is 4.90 Å². The fraction of sp³-hybridized carbons (Fsp3) is 0.467. The van der Waals surface area contributed by atoms with Gasteiger partial charge in [-0.1, -0.05) is 12.1 Å². The van der Waals surface area contributed by atoms with Gasteiger partial charge in [0, 0.05) is 39.4 Å². The molecule has 25 heavy (non-hydrogen) atoms. The number of carbonyl (C=O) groups excluding carboxylic acids is 1. The van der Waals surface area contributed by atoms with Gasteiger partial charge in [0.2, 0.25) is 5.91 Å². The van der Waals surface area contributed by atoms with Gasteiger partial charge in [-0.15, -0.1) is 16.8 Å². The molecule has 1 amide bonds. The minimum atomic E-state index is -3.67. The first-order valence-electron chi connectivity index (χ1n) is 7.57. The molecule has 8 nitrogen and oxygen atoms in total. The number of nitrogens with one attached hydrogen (secondary N) is 2. The molecule has 1 aliphatic rings. The van der Waals surface area contributed by atoms with Crippen LogP contribution in [0, 0.1) is 0 Å². The zero-order chi connectivity index (χ0) is 17.6. The second-order valence-electron chi connectivity index (χ2n) is 5.33. The number of halogens is 1. The minimum Gasteiger partial charge on any atom is -0.383 e. The van der Waals surface area contributed by atoms with Crippen molar-refractivity contribution in [3.05, 3.63) is 29.8 Å². The van der Waals surface area contributed by atoms with Crippen LogP contribution in [0.5, 0.6) is 0 Å². The molecule has 1 heterocycles. The summed E-state index contributed by atoms with van der Waals surface area (Å²) in [7, 11) is -0.399. The molecule has 0 atom stereocenters. The third-order valence-electron chi connectivity index (χ3n) is 3.46. The van der Waals surface area contributed by atoms with Gasteiger partial charge in [0.1, 0.15) is 4.90 Å². The lowest BCUT2D eigenvalue weighted by Gasteiger charge is -2.18. The van der Waals surface area contributed by atoms with Crippen LogP contribution in [0.15, 0.2) is 33.6 Å². The van der Waals surface area contributed by atoms with E-state index in [1.165, 1.54) is 11.0 Å². The number of rotatable bonds is 8. The number of carbonyl (C=O) groups is 1. The van der Waals surface area contributed by atoms with Crippen LogP contribution in [0.25, 0.3) is 0 Å². The first-order chi connectivity index (χ1) is 11.5. The summed E-state index contributed by atoms with van der Waals surface area (Å²) in [6, 6.07) is 6.60. The van der Waals surface area contributed by atoms with Crippen molar-refractivity contribution in [1.29, 1.82) is 0 Å². The topological polar surface area (TPSA) is 100 Å². The quantitative estimate of drug-likeness (QED) is 0.598. The maximum absolute atomic E-state index is 12.0. The number of methoxy groups -OCH3 is 1. The molecule has 0 saturated heterocycles. The van der Waals surface area contributed by atoms with E-state index >= 15 is 0 Å². The van der Waals surface area contributed by atoms with Gasteiger partial charge in [0.15, 0.2) is 5.84 Å². The minimum absolute atomic E-state index is 0. The molecule has 0 aromatic heterocycles. The van der Waals surface area contributed by atoms with Gasteiger partial charge in [0.25, 0.3) is 10.0 Å². The SMILES string of the molecule is COCCNCCNC(=O)CN(C)C1=NS(=O)(=O)c2ccccc21.Cl. The lowest BCUT2D eigenvalue weighted by Crippen LogP contribution is -2.40. The number of ether oxygens (including phenoxy) is 1. The summed E-state index contributed by atoms with van der Waals surface area (Å²) in [6.45, 7) is 2.48. The van der Waals surface area contributed by atoms with Crippen molar-refractivity contribution in [2.24, 2.45) is 4.40 Å². The second-order valence-corrected chi connectivity index (χ2v) is 6.91. The van der Waals surface area contributed by atoms with Gasteiger partial charge in [0.05, 0.1) is 13.2 Å². The summed E-state index contributed by atoms with van der Waals surface area (Å²) < 4.78 is 32.7. The molecule has 1 aromatic rings. The Morgan fingerprint density at radius 1 is 1.24 bits per heavy atom. The number of likely N-dealkylation sites (N-methyl/N-ethyl adjacent to an activating group) is 1. The monoisotopic (exact) mass is 390 g/mol. The first-order valence-corrected chi connectivity index (χ1v) is 9.01. The van der Waals surface area contributed by atoms with Gasteiger partial charge in [-0.05, 0) is 12.1 Å². The Balaban J connectivity index is 0.00000312. The van der Waals surface area contributed by atoms with E-state index in [2.05, 4.69) is 15.0 Å². The van der Waals surface area contributed by atoms with Crippen molar-refractivity contribution >= 4 is 34.2 Å². The fourth-order valence-electron chi connectivity index (χ4n) is 2.30. The molecule has 0 radical (unpaired) electrons. The Hall–Kier alpha value is -1.68. The van der Waals surface area contributed by atoms with E-state index in [0.717, 1.165) is 6.54 Å². The summed E-state index contributed by atoms with van der Waals surface area (Å²) in [4.78, 5) is 13.7. The molecule has 10 heteroatoms. The third kappa shape index (κ3) is 5.67. The average Bonchev–Trinajstić information content (AvgIpc) is 2.83. The molecule has 2 N–H and O–H groups in total. The van der Waals surface area contributed by atoms with Gasteiger partial charge < -0.3 is 20.3 Å². The Morgan fingerprint density at radius 2 is 1.96 bits per heavy atom. The molecule has 1 aromatic carbocycles. The van der Waals surface area contributed by atoms with E-state index in [9.17, 15) is 13.2 Å². The summed E-state index contributed by atoms with van der Waals surface area (Å²) in [5.41, 5.74) is 0.522. The van der Waals surface area contributed by atoms with Crippen molar-refractivity contribution in [3.63, 3.8) is 0 Å². The lowest BCUT2D eigenvalue weighted by molar-refractivity contribution is -0.121. The Labute approximate surface area is 154 Å². The highest BCUT2D eigenvalue weighted by molar-refractivity contribution is 7.90. The highest BCUT2D eigenvalue weighted by Gasteiger charge is 2.30. The number of amidine groups is 1. The standard InChI is InChI=1S/C15H22N4O4S.ClH/c1-19(11-14(20)17-8-7-16-9-10-23-2)15-12-5-3-4-6-13(12)24(21,22)18-15;/h3-6,16H,7-11H2,1-2H3,(H,17,20);1H. The molecule has 140 valence electrons. The van der Waals surface area contributed by atoms with Crippen molar-refractivity contribution in [2.75, 3.05) is 46.9 Å². The summed E-state index contributed by atoms with van der Waals surface area (Å²) in [5, 5.41) is 5.89. The maximum Gasteiger partial charge on any atom is 0.285 e. The maximum atomic E-state index is 12.0. The highest BCUT2D eigenvalue weighted by Crippen LogP contribution is 2.26. The zero-order valence-corrected chi connectivity index (χ0v) is 15.8. The second kappa shape index (κ2) is 9.71. The van der Waals surface area contributed by atoms with Crippen molar-refractivity contribution in [3.8, 4) is 0 Å². The number of hydrogen-bond acceptors (Lipinski definition) is 6. The van der Waals surface area contributed by atoms with Crippen molar-refractivity contribution < 1.29 is 17.9 Å². The van der Waals surface area contributed by atoms with Crippen LogP contribution in [0.1, 0.15) is 5.56 Å². The molecule has 2 rings (SSSR count). The van der Waals surface area contributed by atoms with Crippen LogP contribution in [0.2, 0.25) is 0 Å². The average molecular weight is 391 g/mol. The van der Waals surface area contributed by atoms with Crippen LogP contribution in [0.4, 0.5) is 0 Å². The molecule has 0 unspecified atom stereocenters. The summed E-state index contributed by atoms with van der Waals surface area (Å²) in [6.07, 6.45) is 0. The number of hydrogen-bond donors (Lipinski definition) is 2. The molecular weight excluding hydrogens is 368 g/mol. The zero-order valence-electron chi connectivity index (χ0n) is 14.2. The largest absolute Gasteiger partial charge is 0.383 e. The van der Waals surface area contributed by atoms with E-state index in [0.29, 0.717) is 31.1 Å². The van der Waals surface area contributed by atoms with Gasteiger partial charge in [-0.2, -0.15) is 8.42 Å². The first kappa shape index (κ1) is 21.4. The molecule has 1 aliphatic heterocycles. The summed E-state index contributed by atoms with van der Waals surface area (Å²) in [5.74, 6) is 0.0921. The van der Waals surface area contributed by atoms with Crippen LogP contribution in [-0.4, -0.2) is 72.0 Å². The van der Waals surface area contributed by atoms with E-state index in [1.807, 2.05) is 0 Å². The molecule has 0 fully saturated rings. The molecule has 0 aliphatic carbocycles. The predicted octanol–water partition coefficient (Wildman–Crippen LogP) is -0.159. The third-order valence-corrected chi connectivity index (χ3v) is 4.79. The smallest absolute Gasteiger partial charge is 0.285 e. The van der Waals surface area contributed by atoms with Gasteiger partial charge in [-0.25, -0.2) is 0 Å². The Morgan fingerprint density at radius 3 is 2.68 bits per heavy atom. The number of benzene rings is 1. The number of nitrogens with zero attached hydrogens (tertiary/aromatic N) is 2. The highest BCUT2D eigenvalue weighted by atomic mass is 35.5. The number of fused-ring (bicyclic) bond motifs is 1. The van der Waals surface area contributed by atoms with E-state index in [1.54, 1.807) is 32.4 Å². The summed E-state index contributed by atoms with van der Waals surface area (Å²) >= 11 is 0. The van der Waals surface area contributed by atoms with E-state index in [-0.39, 0.29) is 29.8 Å². The lowest BCUT2D eigenvalue weighted by atomic mass is 10.2. The predicted molar refractivity (Wildman–Crippen MR) is 97.8 cm³/mol. The fourth-order valence-corrected chi connectivity index (χ4v) is 3.55. The molecule has 0 saturated carbocycles. The van der Waals surface area contributed by atoms with Gasteiger partial charge >= 0.3 is 0 Å². The van der Waals surface area contributed by atoms with E-state index < -0.39 is 10.0 Å². The van der Waals surface area contributed by atoms with Crippen LogP contribution in [0.3, 0.4) is 0 Å². The van der Waals surface area contributed by atoms with Gasteiger partial charge in [-0.3, -0.25) is 4.79 Å². The molecule has 0 bridgehead atoms. The number of sulfonamides is 1. The van der Waals surface area contributed by atoms with Crippen LogP contribution < -0.4 is 10.6 Å². The Kier molecular flexibility index (Phi) is 8.30. The van der Waals surface area contributed by atoms with E-state index in [4.69, 9.17) is 4.74 Å². The molecule has 0 spiro atoms.